The molecule has 0 aliphatic carbocycles. The third kappa shape index (κ3) is 3.50. The first kappa shape index (κ1) is 12.4. The maximum atomic E-state index is 11.1. The highest BCUT2D eigenvalue weighted by molar-refractivity contribution is 7.13. The molecule has 0 spiro atoms. The molecule has 0 saturated carbocycles. The number of esters is 2. The number of methoxy groups -OCH3 is 2. The van der Waals surface area contributed by atoms with Crippen LogP contribution in [-0.4, -0.2) is 44.2 Å². The first-order chi connectivity index (χ1) is 7.67. The molecule has 16 heavy (non-hydrogen) atoms. The van der Waals surface area contributed by atoms with E-state index in [-0.39, 0.29) is 13.1 Å². The lowest BCUT2D eigenvalue weighted by Crippen LogP contribution is -2.35. The number of hydrogen-bond acceptors (Lipinski definition) is 7. The predicted octanol–water partition coefficient (Wildman–Crippen LogP) is 0.295. The van der Waals surface area contributed by atoms with Crippen molar-refractivity contribution >= 4 is 28.4 Å². The van der Waals surface area contributed by atoms with Crippen LogP contribution in [0.15, 0.2) is 11.6 Å². The van der Waals surface area contributed by atoms with Gasteiger partial charge in [-0.25, -0.2) is 4.98 Å². The number of carbonyl (C=O) groups is 2. The van der Waals surface area contributed by atoms with Crippen molar-refractivity contribution in [1.82, 2.24) is 4.98 Å². The lowest BCUT2D eigenvalue weighted by molar-refractivity contribution is -0.140. The van der Waals surface area contributed by atoms with Crippen molar-refractivity contribution < 1.29 is 19.1 Å². The van der Waals surface area contributed by atoms with Gasteiger partial charge < -0.3 is 14.4 Å². The van der Waals surface area contributed by atoms with Crippen LogP contribution >= 0.6 is 11.3 Å². The summed E-state index contributed by atoms with van der Waals surface area (Å²) in [6.07, 6.45) is 1.60. The van der Waals surface area contributed by atoms with E-state index in [1.54, 1.807) is 11.6 Å². The first-order valence-corrected chi connectivity index (χ1v) is 5.33. The second-order valence-corrected chi connectivity index (χ2v) is 3.70. The van der Waals surface area contributed by atoms with Gasteiger partial charge in [-0.15, -0.1) is 11.3 Å². The van der Waals surface area contributed by atoms with Gasteiger partial charge in [0.1, 0.15) is 13.1 Å². The van der Waals surface area contributed by atoms with Crippen LogP contribution in [0.2, 0.25) is 0 Å². The Labute approximate surface area is 96.8 Å². The summed E-state index contributed by atoms with van der Waals surface area (Å²) < 4.78 is 9.08. The summed E-state index contributed by atoms with van der Waals surface area (Å²) in [7, 11) is 2.58. The Morgan fingerprint density at radius 2 is 1.88 bits per heavy atom. The monoisotopic (exact) mass is 244 g/mol. The molecule has 0 radical (unpaired) electrons. The highest BCUT2D eigenvalue weighted by atomic mass is 32.1. The summed E-state index contributed by atoms with van der Waals surface area (Å²) in [5.74, 6) is -0.863. The molecule has 0 N–H and O–H groups in total. The molecule has 0 unspecified atom stereocenters. The van der Waals surface area contributed by atoms with Gasteiger partial charge in [-0.3, -0.25) is 9.59 Å². The van der Waals surface area contributed by atoms with E-state index >= 15 is 0 Å². The maximum Gasteiger partial charge on any atom is 0.325 e. The minimum absolute atomic E-state index is 0.0287. The Kier molecular flexibility index (Phi) is 4.71. The van der Waals surface area contributed by atoms with E-state index in [0.29, 0.717) is 5.13 Å². The number of nitrogens with zero attached hydrogens (tertiary/aromatic N) is 2. The Morgan fingerprint density at radius 1 is 1.31 bits per heavy atom. The zero-order valence-electron chi connectivity index (χ0n) is 9.00. The molecular weight excluding hydrogens is 232 g/mol. The zero-order valence-corrected chi connectivity index (χ0v) is 9.82. The van der Waals surface area contributed by atoms with Gasteiger partial charge in [-0.2, -0.15) is 0 Å². The molecule has 7 heteroatoms. The highest BCUT2D eigenvalue weighted by Crippen LogP contribution is 2.16. The van der Waals surface area contributed by atoms with E-state index < -0.39 is 11.9 Å². The number of carbonyl (C=O) groups excluding carboxylic acids is 2. The van der Waals surface area contributed by atoms with Crippen molar-refractivity contribution in [2.75, 3.05) is 32.2 Å². The molecular formula is C9H12N2O4S. The van der Waals surface area contributed by atoms with Crippen molar-refractivity contribution in [1.29, 1.82) is 0 Å². The second kappa shape index (κ2) is 6.06. The third-order valence-corrected chi connectivity index (χ3v) is 2.62. The summed E-state index contributed by atoms with van der Waals surface area (Å²) in [5.41, 5.74) is 0. The van der Waals surface area contributed by atoms with Crippen molar-refractivity contribution in [3.8, 4) is 0 Å². The second-order valence-electron chi connectivity index (χ2n) is 2.82. The van der Waals surface area contributed by atoms with Crippen LogP contribution in [0.4, 0.5) is 5.13 Å². The summed E-state index contributed by atoms with van der Waals surface area (Å²) in [5, 5.41) is 2.34. The van der Waals surface area contributed by atoms with Gasteiger partial charge >= 0.3 is 11.9 Å². The molecule has 0 aliphatic rings. The van der Waals surface area contributed by atoms with E-state index in [1.165, 1.54) is 30.5 Å². The number of aromatic nitrogens is 1. The molecule has 0 atom stereocenters. The van der Waals surface area contributed by atoms with Crippen LogP contribution < -0.4 is 4.90 Å². The fraction of sp³-hybridized carbons (Fsp3) is 0.444. The standard InChI is InChI=1S/C9H12N2O4S/c1-14-7(12)5-11(6-8(13)15-2)9-10-3-4-16-9/h3-4H,5-6H2,1-2H3. The number of ether oxygens (including phenoxy) is 2. The number of anilines is 1. The van der Waals surface area contributed by atoms with Crippen LogP contribution in [0.3, 0.4) is 0 Å². The van der Waals surface area contributed by atoms with E-state index in [2.05, 4.69) is 14.5 Å². The maximum absolute atomic E-state index is 11.1. The topological polar surface area (TPSA) is 68.7 Å². The van der Waals surface area contributed by atoms with Crippen molar-refractivity contribution in [3.63, 3.8) is 0 Å². The Bertz CT molecular complexity index is 334. The first-order valence-electron chi connectivity index (χ1n) is 4.45. The van der Waals surface area contributed by atoms with Gasteiger partial charge in [-0.1, -0.05) is 0 Å². The largest absolute Gasteiger partial charge is 0.468 e. The van der Waals surface area contributed by atoms with Crippen LogP contribution in [0.5, 0.6) is 0 Å². The fourth-order valence-corrected chi connectivity index (χ4v) is 1.65. The normalized spacial score (nSPS) is 9.62. The Hall–Kier alpha value is -1.63. The van der Waals surface area contributed by atoms with Crippen LogP contribution in [0.1, 0.15) is 0 Å². The summed E-state index contributed by atoms with van der Waals surface area (Å²) in [6.45, 7) is -0.0573. The molecule has 0 aromatic carbocycles. The molecule has 1 aromatic rings. The van der Waals surface area contributed by atoms with Gasteiger partial charge in [0.05, 0.1) is 14.2 Å². The molecule has 0 saturated heterocycles. The van der Waals surface area contributed by atoms with Crippen molar-refractivity contribution in [2.45, 2.75) is 0 Å². The highest BCUT2D eigenvalue weighted by Gasteiger charge is 2.17. The lowest BCUT2D eigenvalue weighted by Gasteiger charge is -2.18. The van der Waals surface area contributed by atoms with Crippen LogP contribution in [0, 0.1) is 0 Å². The molecule has 0 fully saturated rings. The minimum Gasteiger partial charge on any atom is -0.468 e. The molecule has 88 valence electrons. The fourth-order valence-electron chi connectivity index (χ4n) is 1.00. The summed E-state index contributed by atoms with van der Waals surface area (Å²) in [6, 6.07) is 0. The summed E-state index contributed by atoms with van der Waals surface area (Å²) in [4.78, 5) is 27.8. The van der Waals surface area contributed by atoms with Crippen LogP contribution in [0.25, 0.3) is 0 Å². The smallest absolute Gasteiger partial charge is 0.325 e. The van der Waals surface area contributed by atoms with E-state index in [0.717, 1.165) is 0 Å². The molecule has 0 bridgehead atoms. The van der Waals surface area contributed by atoms with Gasteiger partial charge in [0, 0.05) is 11.6 Å². The molecule has 1 heterocycles. The SMILES string of the molecule is COC(=O)CN(CC(=O)OC)c1nccs1. The number of thiazole rings is 1. The van der Waals surface area contributed by atoms with Gasteiger partial charge in [-0.05, 0) is 0 Å². The lowest BCUT2D eigenvalue weighted by atomic mass is 10.5. The van der Waals surface area contributed by atoms with Crippen LogP contribution in [-0.2, 0) is 19.1 Å². The molecule has 1 rings (SSSR count). The van der Waals surface area contributed by atoms with E-state index in [4.69, 9.17) is 0 Å². The number of rotatable bonds is 5. The predicted molar refractivity (Wildman–Crippen MR) is 58.4 cm³/mol. The zero-order chi connectivity index (χ0) is 12.0. The van der Waals surface area contributed by atoms with E-state index in [9.17, 15) is 9.59 Å². The average molecular weight is 244 g/mol. The van der Waals surface area contributed by atoms with Gasteiger partial charge in [0.25, 0.3) is 0 Å². The molecule has 6 nitrogen and oxygen atoms in total. The van der Waals surface area contributed by atoms with Gasteiger partial charge in [0.2, 0.25) is 0 Å². The molecule has 0 aliphatic heterocycles. The number of hydrogen-bond donors (Lipinski definition) is 0. The van der Waals surface area contributed by atoms with Crippen molar-refractivity contribution in [3.05, 3.63) is 11.6 Å². The van der Waals surface area contributed by atoms with Gasteiger partial charge in [0.15, 0.2) is 5.13 Å². The minimum atomic E-state index is -0.431. The quantitative estimate of drug-likeness (QED) is 0.694. The third-order valence-electron chi connectivity index (χ3n) is 1.79. The van der Waals surface area contributed by atoms with Crippen molar-refractivity contribution in [2.24, 2.45) is 0 Å². The molecule has 1 aromatic heterocycles. The summed E-state index contributed by atoms with van der Waals surface area (Å²) >= 11 is 1.34. The Balaban J connectivity index is 2.69. The molecule has 0 amide bonds. The Morgan fingerprint density at radius 3 is 2.25 bits per heavy atom. The van der Waals surface area contributed by atoms with E-state index in [1.807, 2.05) is 0 Å². The average Bonchev–Trinajstić information content (AvgIpc) is 2.81.